The van der Waals surface area contributed by atoms with Gasteiger partial charge in [0.15, 0.2) is 0 Å². The standard InChI is InChI=1S/C16H25NO2/c1-3-4-5-6-7-8-12-15(18)17-14-11-9-10-13(2)16(14)19/h9-11,19H,3-8,12H2,1-2H3,(H,17,18). The van der Waals surface area contributed by atoms with E-state index < -0.39 is 0 Å². The average Bonchev–Trinajstić information content (AvgIpc) is 2.39. The number of hydrogen-bond donors (Lipinski definition) is 2. The molecule has 106 valence electrons. The van der Waals surface area contributed by atoms with Gasteiger partial charge in [-0.15, -0.1) is 0 Å². The molecule has 1 rings (SSSR count). The number of nitrogens with one attached hydrogen (secondary N) is 1. The molecule has 1 amide bonds. The van der Waals surface area contributed by atoms with Crippen molar-refractivity contribution in [3.05, 3.63) is 23.8 Å². The Kier molecular flexibility index (Phi) is 7.01. The smallest absolute Gasteiger partial charge is 0.224 e. The lowest BCUT2D eigenvalue weighted by Gasteiger charge is -2.08. The van der Waals surface area contributed by atoms with Crippen LogP contribution >= 0.6 is 0 Å². The molecule has 0 aliphatic carbocycles. The van der Waals surface area contributed by atoms with Crippen molar-refractivity contribution in [1.82, 2.24) is 0 Å². The van der Waals surface area contributed by atoms with Crippen molar-refractivity contribution in [3.8, 4) is 5.75 Å². The van der Waals surface area contributed by atoms with Gasteiger partial charge in [0.2, 0.25) is 5.91 Å². The quantitative estimate of drug-likeness (QED) is 0.540. The first-order chi connectivity index (χ1) is 9.15. The summed E-state index contributed by atoms with van der Waals surface area (Å²) in [6, 6.07) is 5.37. The lowest BCUT2D eigenvalue weighted by Crippen LogP contribution is -2.11. The first-order valence-corrected chi connectivity index (χ1v) is 7.23. The number of carbonyl (C=O) groups is 1. The van der Waals surface area contributed by atoms with E-state index in [-0.39, 0.29) is 11.7 Å². The van der Waals surface area contributed by atoms with Crippen LogP contribution in [0.1, 0.15) is 57.4 Å². The third-order valence-corrected chi connectivity index (χ3v) is 3.27. The van der Waals surface area contributed by atoms with E-state index in [0.29, 0.717) is 12.1 Å². The van der Waals surface area contributed by atoms with Gasteiger partial charge in [0.25, 0.3) is 0 Å². The molecule has 19 heavy (non-hydrogen) atoms. The molecule has 0 aromatic heterocycles. The Morgan fingerprint density at radius 3 is 2.58 bits per heavy atom. The van der Waals surface area contributed by atoms with Crippen molar-refractivity contribution in [2.24, 2.45) is 0 Å². The Morgan fingerprint density at radius 1 is 1.16 bits per heavy atom. The van der Waals surface area contributed by atoms with E-state index >= 15 is 0 Å². The summed E-state index contributed by atoms with van der Waals surface area (Å²) in [5.41, 5.74) is 1.29. The second kappa shape index (κ2) is 8.57. The number of rotatable bonds is 8. The molecule has 0 aliphatic rings. The summed E-state index contributed by atoms with van der Waals surface area (Å²) in [7, 11) is 0. The van der Waals surface area contributed by atoms with Gasteiger partial charge in [0.05, 0.1) is 5.69 Å². The fourth-order valence-electron chi connectivity index (χ4n) is 2.04. The molecule has 1 aromatic rings. The topological polar surface area (TPSA) is 49.3 Å². The first-order valence-electron chi connectivity index (χ1n) is 7.23. The molecule has 0 spiro atoms. The number of carbonyl (C=O) groups excluding carboxylic acids is 1. The maximum absolute atomic E-state index is 11.7. The molecule has 0 aliphatic heterocycles. The molecule has 2 N–H and O–H groups in total. The van der Waals surface area contributed by atoms with Crippen LogP contribution in [0, 0.1) is 6.92 Å². The zero-order valence-corrected chi connectivity index (χ0v) is 12.0. The molecule has 0 radical (unpaired) electrons. The molecule has 0 atom stereocenters. The van der Waals surface area contributed by atoms with Gasteiger partial charge in [0.1, 0.15) is 5.75 Å². The number of phenols is 1. The van der Waals surface area contributed by atoms with Crippen molar-refractivity contribution in [1.29, 1.82) is 0 Å². The zero-order valence-electron chi connectivity index (χ0n) is 12.0. The maximum Gasteiger partial charge on any atom is 0.224 e. The van der Waals surface area contributed by atoms with Crippen LogP contribution in [0.5, 0.6) is 5.75 Å². The largest absolute Gasteiger partial charge is 0.505 e. The van der Waals surface area contributed by atoms with E-state index in [2.05, 4.69) is 12.2 Å². The average molecular weight is 263 g/mol. The van der Waals surface area contributed by atoms with Gasteiger partial charge in [0, 0.05) is 6.42 Å². The van der Waals surface area contributed by atoms with Crippen LogP contribution in [0.25, 0.3) is 0 Å². The number of amides is 1. The number of phenolic OH excluding ortho intramolecular Hbond substituents is 1. The fourth-order valence-corrected chi connectivity index (χ4v) is 2.04. The number of hydrogen-bond acceptors (Lipinski definition) is 2. The number of para-hydroxylation sites is 1. The van der Waals surface area contributed by atoms with E-state index in [0.717, 1.165) is 18.4 Å². The normalized spacial score (nSPS) is 10.4. The Hall–Kier alpha value is -1.51. The van der Waals surface area contributed by atoms with Crippen molar-refractivity contribution in [3.63, 3.8) is 0 Å². The SMILES string of the molecule is CCCCCCCCC(=O)Nc1cccc(C)c1O. The minimum atomic E-state index is -0.0172. The molecular formula is C16H25NO2. The minimum absolute atomic E-state index is 0.0172. The van der Waals surface area contributed by atoms with Gasteiger partial charge in [-0.2, -0.15) is 0 Å². The zero-order chi connectivity index (χ0) is 14.1. The van der Waals surface area contributed by atoms with Gasteiger partial charge >= 0.3 is 0 Å². The second-order valence-corrected chi connectivity index (χ2v) is 5.04. The molecule has 0 heterocycles. The number of aryl methyl sites for hydroxylation is 1. The third kappa shape index (κ3) is 5.77. The van der Waals surface area contributed by atoms with Gasteiger partial charge in [-0.3, -0.25) is 4.79 Å². The van der Waals surface area contributed by atoms with E-state index in [1.54, 1.807) is 6.07 Å². The predicted molar refractivity (Wildman–Crippen MR) is 79.5 cm³/mol. The van der Waals surface area contributed by atoms with E-state index in [1.165, 1.54) is 25.7 Å². The predicted octanol–water partition coefficient (Wildman–Crippen LogP) is 4.39. The molecule has 3 heteroatoms. The molecule has 0 saturated carbocycles. The molecular weight excluding hydrogens is 238 g/mol. The van der Waals surface area contributed by atoms with Crippen molar-refractivity contribution in [2.45, 2.75) is 58.8 Å². The summed E-state index contributed by atoms with van der Waals surface area (Å²) in [5.74, 6) is 0.148. The molecule has 0 bridgehead atoms. The Balaban J connectivity index is 2.26. The Bertz CT molecular complexity index is 402. The summed E-state index contributed by atoms with van der Waals surface area (Å²) in [4.78, 5) is 11.7. The summed E-state index contributed by atoms with van der Waals surface area (Å²) >= 11 is 0. The van der Waals surface area contributed by atoms with Gasteiger partial charge in [-0.25, -0.2) is 0 Å². The van der Waals surface area contributed by atoms with Crippen molar-refractivity contribution < 1.29 is 9.90 Å². The van der Waals surface area contributed by atoms with Gasteiger partial charge in [-0.05, 0) is 25.0 Å². The van der Waals surface area contributed by atoms with Crippen LogP contribution in [0.2, 0.25) is 0 Å². The third-order valence-electron chi connectivity index (χ3n) is 3.27. The molecule has 0 saturated heterocycles. The van der Waals surface area contributed by atoms with E-state index in [1.807, 2.05) is 19.1 Å². The fraction of sp³-hybridized carbons (Fsp3) is 0.562. The number of benzene rings is 1. The van der Waals surface area contributed by atoms with E-state index in [9.17, 15) is 9.90 Å². The summed E-state index contributed by atoms with van der Waals surface area (Å²) < 4.78 is 0. The van der Waals surface area contributed by atoms with Crippen molar-refractivity contribution in [2.75, 3.05) is 5.32 Å². The van der Waals surface area contributed by atoms with Gasteiger partial charge < -0.3 is 10.4 Å². The molecule has 0 unspecified atom stereocenters. The van der Waals surface area contributed by atoms with Crippen LogP contribution in [0.3, 0.4) is 0 Å². The molecule has 1 aromatic carbocycles. The Labute approximate surface area is 116 Å². The summed E-state index contributed by atoms with van der Waals surface area (Å²) in [6.45, 7) is 4.01. The summed E-state index contributed by atoms with van der Waals surface area (Å²) in [6.07, 6.45) is 7.54. The second-order valence-electron chi connectivity index (χ2n) is 5.04. The minimum Gasteiger partial charge on any atom is -0.505 e. The lowest BCUT2D eigenvalue weighted by atomic mass is 10.1. The maximum atomic E-state index is 11.7. The highest BCUT2D eigenvalue weighted by Crippen LogP contribution is 2.26. The van der Waals surface area contributed by atoms with E-state index in [4.69, 9.17) is 0 Å². The monoisotopic (exact) mass is 263 g/mol. The molecule has 3 nitrogen and oxygen atoms in total. The highest BCUT2D eigenvalue weighted by atomic mass is 16.3. The van der Waals surface area contributed by atoms with Crippen LogP contribution in [-0.4, -0.2) is 11.0 Å². The number of unbranched alkanes of at least 4 members (excludes halogenated alkanes) is 5. The molecule has 0 fully saturated rings. The van der Waals surface area contributed by atoms with Gasteiger partial charge in [-0.1, -0.05) is 51.2 Å². The van der Waals surface area contributed by atoms with Crippen LogP contribution in [-0.2, 0) is 4.79 Å². The highest BCUT2D eigenvalue weighted by molar-refractivity contribution is 5.92. The van der Waals surface area contributed by atoms with Crippen LogP contribution in [0.15, 0.2) is 18.2 Å². The number of anilines is 1. The lowest BCUT2D eigenvalue weighted by molar-refractivity contribution is -0.116. The Morgan fingerprint density at radius 2 is 1.84 bits per heavy atom. The van der Waals surface area contributed by atoms with Crippen LogP contribution in [0.4, 0.5) is 5.69 Å². The van der Waals surface area contributed by atoms with Crippen molar-refractivity contribution >= 4 is 11.6 Å². The van der Waals surface area contributed by atoms with Crippen LogP contribution < -0.4 is 5.32 Å². The first kappa shape index (κ1) is 15.5. The summed E-state index contributed by atoms with van der Waals surface area (Å²) in [5, 5.41) is 12.6. The number of aromatic hydroxyl groups is 1. The highest BCUT2D eigenvalue weighted by Gasteiger charge is 2.07.